The first kappa shape index (κ1) is 7.71. The van der Waals surface area contributed by atoms with Crippen LogP contribution in [0.25, 0.3) is 4.72 Å². The van der Waals surface area contributed by atoms with Gasteiger partial charge in [-0.15, -0.1) is 11.3 Å². The van der Waals surface area contributed by atoms with Gasteiger partial charge in [0, 0.05) is 0 Å². The molecule has 0 saturated carbocycles. The van der Waals surface area contributed by atoms with Crippen LogP contribution in [0.3, 0.4) is 0 Å². The zero-order valence-electron chi connectivity index (χ0n) is 5.31. The first-order valence-electron chi connectivity index (χ1n) is 2.56. The van der Waals surface area contributed by atoms with E-state index in [1.807, 2.05) is 0 Å². The Labute approximate surface area is 63.7 Å². The number of sulfonamides is 1. The van der Waals surface area contributed by atoms with Gasteiger partial charge in [0.25, 0.3) is 0 Å². The summed E-state index contributed by atoms with van der Waals surface area (Å²) in [5.41, 5.74) is 0. The van der Waals surface area contributed by atoms with Crippen molar-refractivity contribution >= 4 is 21.4 Å². The molecule has 0 bridgehead atoms. The van der Waals surface area contributed by atoms with E-state index in [9.17, 15) is 8.42 Å². The maximum absolute atomic E-state index is 10.9. The minimum atomic E-state index is -3.31. The Morgan fingerprint density at radius 1 is 1.60 bits per heavy atom. The smallest absolute Gasteiger partial charge is 0.110 e. The van der Waals surface area contributed by atoms with Crippen LogP contribution in [-0.2, 0) is 10.0 Å². The molecular weight excluding hydrogens is 170 g/mol. The highest BCUT2D eigenvalue weighted by atomic mass is 32.2. The molecule has 1 aromatic heterocycles. The molecule has 3 nitrogen and oxygen atoms in total. The van der Waals surface area contributed by atoms with Gasteiger partial charge in [-0.05, 0) is 11.4 Å². The summed E-state index contributed by atoms with van der Waals surface area (Å²) in [4.78, 5) is 0. The lowest BCUT2D eigenvalue weighted by atomic mass is 10.7. The molecule has 0 spiro atoms. The van der Waals surface area contributed by atoms with Crippen molar-refractivity contribution in [2.24, 2.45) is 0 Å². The standard InChI is InChI=1S/C5H6NO2S2/c1-6-10(7,8)5-3-2-4-9-5/h2-4H,1H3/q-1. The van der Waals surface area contributed by atoms with E-state index in [-0.39, 0.29) is 0 Å². The Morgan fingerprint density at radius 2 is 2.30 bits per heavy atom. The topological polar surface area (TPSA) is 48.2 Å². The Balaban J connectivity index is 3.09. The minimum Gasteiger partial charge on any atom is -0.547 e. The SMILES string of the molecule is C[N-]S(=O)(=O)c1cccs1. The summed E-state index contributed by atoms with van der Waals surface area (Å²) < 4.78 is 25.4. The van der Waals surface area contributed by atoms with Gasteiger partial charge in [0.15, 0.2) is 0 Å². The molecular formula is C5H6NO2S2-. The van der Waals surface area contributed by atoms with Crippen LogP contribution in [0, 0.1) is 0 Å². The van der Waals surface area contributed by atoms with E-state index in [4.69, 9.17) is 0 Å². The van der Waals surface area contributed by atoms with Crippen LogP contribution in [0.2, 0.25) is 0 Å². The minimum absolute atomic E-state index is 0.301. The summed E-state index contributed by atoms with van der Waals surface area (Å²) in [6.45, 7) is 0. The fourth-order valence-corrected chi connectivity index (χ4v) is 2.26. The van der Waals surface area contributed by atoms with E-state index in [0.717, 1.165) is 0 Å². The van der Waals surface area contributed by atoms with Gasteiger partial charge < -0.3 is 4.72 Å². The summed E-state index contributed by atoms with van der Waals surface area (Å²) in [5, 5.41) is 1.71. The molecule has 0 N–H and O–H groups in total. The zero-order chi connectivity index (χ0) is 7.61. The molecule has 0 fully saturated rings. The quantitative estimate of drug-likeness (QED) is 0.684. The molecule has 5 heteroatoms. The Hall–Kier alpha value is -0.390. The molecule has 10 heavy (non-hydrogen) atoms. The summed E-state index contributed by atoms with van der Waals surface area (Å²) in [6, 6.07) is 3.22. The van der Waals surface area contributed by atoms with Crippen molar-refractivity contribution in [1.82, 2.24) is 0 Å². The lowest BCUT2D eigenvalue weighted by Gasteiger charge is -2.09. The molecule has 0 radical (unpaired) electrons. The molecule has 0 aliphatic rings. The van der Waals surface area contributed by atoms with E-state index in [0.29, 0.717) is 4.21 Å². The van der Waals surface area contributed by atoms with Crippen LogP contribution in [0.5, 0.6) is 0 Å². The first-order chi connectivity index (χ1) is 4.67. The van der Waals surface area contributed by atoms with Gasteiger partial charge in [-0.25, -0.2) is 8.42 Å². The highest BCUT2D eigenvalue weighted by Gasteiger charge is 2.01. The van der Waals surface area contributed by atoms with E-state index < -0.39 is 10.0 Å². The van der Waals surface area contributed by atoms with E-state index in [2.05, 4.69) is 4.72 Å². The van der Waals surface area contributed by atoms with Gasteiger partial charge in [-0.3, -0.25) is 0 Å². The number of rotatable bonds is 2. The van der Waals surface area contributed by atoms with Crippen molar-refractivity contribution in [2.75, 3.05) is 7.05 Å². The molecule has 56 valence electrons. The van der Waals surface area contributed by atoms with Crippen molar-refractivity contribution in [3.63, 3.8) is 0 Å². The van der Waals surface area contributed by atoms with Crippen molar-refractivity contribution in [2.45, 2.75) is 4.21 Å². The maximum Gasteiger partial charge on any atom is 0.110 e. The van der Waals surface area contributed by atoms with Gasteiger partial charge in [0.2, 0.25) is 0 Å². The molecule has 1 rings (SSSR count). The molecule has 1 heterocycles. The summed E-state index contributed by atoms with van der Waals surface area (Å²) in [5.74, 6) is 0. The summed E-state index contributed by atoms with van der Waals surface area (Å²) in [7, 11) is -2.04. The highest BCUT2D eigenvalue weighted by molar-refractivity contribution is 7.95. The van der Waals surface area contributed by atoms with Crippen LogP contribution < -0.4 is 0 Å². The second-order valence-corrected chi connectivity index (χ2v) is 4.55. The van der Waals surface area contributed by atoms with E-state index >= 15 is 0 Å². The van der Waals surface area contributed by atoms with Crippen molar-refractivity contribution < 1.29 is 8.42 Å². The molecule has 0 amide bonds. The predicted octanol–water partition coefficient (Wildman–Crippen LogP) is 1.44. The average molecular weight is 176 g/mol. The molecule has 0 aromatic carbocycles. The Kier molecular flexibility index (Phi) is 2.08. The lowest BCUT2D eigenvalue weighted by molar-refractivity contribution is 0.604. The van der Waals surface area contributed by atoms with Gasteiger partial charge in [0.05, 0.1) is 0 Å². The summed E-state index contributed by atoms with van der Waals surface area (Å²) in [6.07, 6.45) is 0. The highest BCUT2D eigenvalue weighted by Crippen LogP contribution is 2.19. The number of hydrogen-bond donors (Lipinski definition) is 0. The molecule has 1 aromatic rings. The molecule has 0 saturated heterocycles. The van der Waals surface area contributed by atoms with Gasteiger partial charge in [-0.2, -0.15) is 7.05 Å². The third kappa shape index (κ3) is 1.36. The Bertz CT molecular complexity index is 287. The second-order valence-electron chi connectivity index (χ2n) is 1.59. The van der Waals surface area contributed by atoms with E-state index in [1.54, 1.807) is 11.4 Å². The number of nitrogens with zero attached hydrogens (tertiary/aromatic N) is 1. The molecule has 0 aliphatic carbocycles. The van der Waals surface area contributed by atoms with Gasteiger partial charge >= 0.3 is 0 Å². The fourth-order valence-electron chi connectivity index (χ4n) is 0.500. The maximum atomic E-state index is 10.9. The number of hydrogen-bond acceptors (Lipinski definition) is 3. The van der Waals surface area contributed by atoms with Gasteiger partial charge in [-0.1, -0.05) is 6.07 Å². The molecule has 0 atom stereocenters. The largest absolute Gasteiger partial charge is 0.547 e. The second kappa shape index (κ2) is 2.69. The first-order valence-corrected chi connectivity index (χ1v) is 4.88. The van der Waals surface area contributed by atoms with Crippen LogP contribution in [0.1, 0.15) is 0 Å². The van der Waals surface area contributed by atoms with Crippen LogP contribution >= 0.6 is 11.3 Å². The van der Waals surface area contributed by atoms with E-state index in [1.165, 1.54) is 24.5 Å². The van der Waals surface area contributed by atoms with Crippen LogP contribution in [0.15, 0.2) is 21.7 Å². The van der Waals surface area contributed by atoms with Crippen LogP contribution in [-0.4, -0.2) is 15.5 Å². The normalized spacial score (nSPS) is 11.7. The fraction of sp³-hybridized carbons (Fsp3) is 0.200. The average Bonchev–Trinajstić information content (AvgIpc) is 2.38. The molecule has 0 aliphatic heterocycles. The monoisotopic (exact) mass is 176 g/mol. The van der Waals surface area contributed by atoms with Crippen molar-refractivity contribution in [1.29, 1.82) is 0 Å². The van der Waals surface area contributed by atoms with Gasteiger partial charge in [0.1, 0.15) is 14.2 Å². The molecule has 0 unspecified atom stereocenters. The van der Waals surface area contributed by atoms with Crippen molar-refractivity contribution in [3.8, 4) is 0 Å². The predicted molar refractivity (Wildman–Crippen MR) is 40.8 cm³/mol. The third-order valence-electron chi connectivity index (χ3n) is 0.990. The number of thiophene rings is 1. The third-order valence-corrected chi connectivity index (χ3v) is 3.70. The Morgan fingerprint density at radius 3 is 2.70 bits per heavy atom. The van der Waals surface area contributed by atoms with Crippen molar-refractivity contribution in [3.05, 3.63) is 22.2 Å². The van der Waals surface area contributed by atoms with Crippen LogP contribution in [0.4, 0.5) is 0 Å². The zero-order valence-corrected chi connectivity index (χ0v) is 6.95. The summed E-state index contributed by atoms with van der Waals surface area (Å²) >= 11 is 1.17. The lowest BCUT2D eigenvalue weighted by Crippen LogP contribution is -1.92.